The largest absolute Gasteiger partial charge is 0.480 e. The quantitative estimate of drug-likeness (QED) is 0.614. The summed E-state index contributed by atoms with van der Waals surface area (Å²) < 4.78 is 12.5. The van der Waals surface area contributed by atoms with Gasteiger partial charge in [0.1, 0.15) is 18.3 Å². The maximum Gasteiger partial charge on any atom is 0.418 e. The lowest BCUT2D eigenvalue weighted by Gasteiger charge is -2.23. The second-order valence-corrected chi connectivity index (χ2v) is 8.34. The average Bonchev–Trinajstić information content (AvgIpc) is 3.18. The maximum atomic E-state index is 12.9. The van der Waals surface area contributed by atoms with Gasteiger partial charge in [0.2, 0.25) is 11.8 Å². The van der Waals surface area contributed by atoms with Crippen molar-refractivity contribution in [3.05, 3.63) is 77.6 Å². The van der Waals surface area contributed by atoms with Crippen LogP contribution in [0.4, 0.5) is 4.79 Å². The van der Waals surface area contributed by atoms with Crippen LogP contribution in [0.15, 0.2) is 71.5 Å². The van der Waals surface area contributed by atoms with Gasteiger partial charge in [0.05, 0.1) is 12.6 Å². The van der Waals surface area contributed by atoms with Crippen molar-refractivity contribution in [2.75, 3.05) is 7.11 Å². The van der Waals surface area contributed by atoms with Crippen LogP contribution in [0.1, 0.15) is 31.4 Å². The number of hydrogen-bond acceptors (Lipinski definition) is 5. The molecule has 170 valence electrons. The van der Waals surface area contributed by atoms with Crippen LogP contribution >= 0.6 is 0 Å². The lowest BCUT2D eigenvalue weighted by molar-refractivity contribution is -0.122. The molecule has 2 heterocycles. The fourth-order valence-corrected chi connectivity index (χ4v) is 3.82. The molecular formula is C26H27N3O4. The zero-order valence-electron chi connectivity index (χ0n) is 18.9. The van der Waals surface area contributed by atoms with Crippen LogP contribution in [-0.4, -0.2) is 35.6 Å². The van der Waals surface area contributed by atoms with E-state index in [9.17, 15) is 9.59 Å². The molecule has 0 radical (unpaired) electrons. The first-order valence-electron chi connectivity index (χ1n) is 10.9. The number of carbonyl (C=O) groups excluding carboxylic acids is 2. The van der Waals surface area contributed by atoms with Gasteiger partial charge in [-0.2, -0.15) is 0 Å². The van der Waals surface area contributed by atoms with E-state index in [1.54, 1.807) is 12.3 Å². The average molecular weight is 446 g/mol. The van der Waals surface area contributed by atoms with Gasteiger partial charge < -0.3 is 14.8 Å². The van der Waals surface area contributed by atoms with Crippen molar-refractivity contribution in [2.24, 2.45) is 10.9 Å². The fraction of sp³-hybridized carbons (Fsp3) is 0.269. The topological polar surface area (TPSA) is 81.9 Å². The summed E-state index contributed by atoms with van der Waals surface area (Å²) in [7, 11) is 1.53. The normalized spacial score (nSPS) is 17.2. The van der Waals surface area contributed by atoms with Gasteiger partial charge in [0.25, 0.3) is 0 Å². The molecule has 4 rings (SSSR count). The number of carbonyl (C=O) groups is 2. The van der Waals surface area contributed by atoms with Crippen LogP contribution in [-0.2, 0) is 20.9 Å². The first-order valence-corrected chi connectivity index (χ1v) is 10.9. The third-order valence-corrected chi connectivity index (χ3v) is 5.40. The molecule has 7 heteroatoms. The maximum absolute atomic E-state index is 12.9. The van der Waals surface area contributed by atoms with Crippen LogP contribution in [0.25, 0.3) is 17.0 Å². The Morgan fingerprint density at radius 3 is 2.61 bits per heavy atom. The monoisotopic (exact) mass is 445 g/mol. The molecule has 0 saturated carbocycles. The number of benzene rings is 2. The van der Waals surface area contributed by atoms with Crippen molar-refractivity contribution < 1.29 is 19.1 Å². The van der Waals surface area contributed by atoms with E-state index in [1.165, 1.54) is 11.7 Å². The minimum atomic E-state index is -0.481. The summed E-state index contributed by atoms with van der Waals surface area (Å²) in [6.45, 7) is 4.27. The molecule has 0 fully saturated rings. The molecule has 2 aromatic carbocycles. The summed E-state index contributed by atoms with van der Waals surface area (Å²) in [4.78, 5) is 30.0. The van der Waals surface area contributed by atoms with Crippen molar-refractivity contribution in [2.45, 2.75) is 32.9 Å². The van der Waals surface area contributed by atoms with Gasteiger partial charge >= 0.3 is 6.09 Å². The first-order chi connectivity index (χ1) is 16.0. The molecule has 1 amide bonds. The molecule has 7 nitrogen and oxygen atoms in total. The Morgan fingerprint density at radius 2 is 1.88 bits per heavy atom. The van der Waals surface area contributed by atoms with Gasteiger partial charge in [-0.25, -0.2) is 9.79 Å². The van der Waals surface area contributed by atoms with Gasteiger partial charge in [0.15, 0.2) is 0 Å². The molecule has 1 aliphatic rings. The number of aromatic nitrogens is 1. The zero-order valence-corrected chi connectivity index (χ0v) is 18.9. The van der Waals surface area contributed by atoms with E-state index in [4.69, 9.17) is 9.47 Å². The third-order valence-electron chi connectivity index (χ3n) is 5.40. The zero-order chi connectivity index (χ0) is 23.4. The summed E-state index contributed by atoms with van der Waals surface area (Å²) in [6, 6.07) is 16.6. The van der Waals surface area contributed by atoms with Gasteiger partial charge in [-0.1, -0.05) is 62.4 Å². The summed E-state index contributed by atoms with van der Waals surface area (Å²) in [5.74, 6) is 0.526. The number of hydrogen-bond donors (Lipinski definition) is 1. The minimum absolute atomic E-state index is 0.165. The molecule has 1 aliphatic heterocycles. The molecule has 3 aromatic rings. The fourth-order valence-electron chi connectivity index (χ4n) is 3.82. The van der Waals surface area contributed by atoms with E-state index < -0.39 is 12.1 Å². The Kier molecular flexibility index (Phi) is 6.58. The Bertz CT molecular complexity index is 1220. The summed E-state index contributed by atoms with van der Waals surface area (Å²) >= 11 is 0. The molecule has 0 bridgehead atoms. The molecule has 1 aromatic heterocycles. The molecule has 1 unspecified atom stereocenters. The highest BCUT2D eigenvalue weighted by molar-refractivity contribution is 6.08. The third kappa shape index (κ3) is 4.98. The SMILES string of the molecule is COC1=NC(CC(C)C)C(=O)N/C1=C\c1cn(C(=O)OCc2ccccc2)c2ccccc12. The lowest BCUT2D eigenvalue weighted by atomic mass is 10.0. The van der Waals surface area contributed by atoms with E-state index >= 15 is 0 Å². The molecule has 33 heavy (non-hydrogen) atoms. The van der Waals surface area contributed by atoms with Crippen LogP contribution < -0.4 is 5.32 Å². The number of nitrogens with zero attached hydrogens (tertiary/aromatic N) is 2. The number of rotatable bonds is 5. The number of para-hydroxylation sites is 1. The first kappa shape index (κ1) is 22.3. The molecule has 0 spiro atoms. The molecular weight excluding hydrogens is 418 g/mol. The molecule has 0 saturated heterocycles. The van der Waals surface area contributed by atoms with E-state index in [-0.39, 0.29) is 12.5 Å². The highest BCUT2D eigenvalue weighted by Crippen LogP contribution is 2.25. The van der Waals surface area contributed by atoms with Crippen molar-refractivity contribution in [3.8, 4) is 0 Å². The van der Waals surface area contributed by atoms with Crippen LogP contribution in [0.2, 0.25) is 0 Å². The van der Waals surface area contributed by atoms with E-state index in [0.717, 1.165) is 16.5 Å². The Morgan fingerprint density at radius 1 is 1.15 bits per heavy atom. The molecule has 0 aliphatic carbocycles. The highest BCUT2D eigenvalue weighted by atomic mass is 16.5. The molecule has 1 atom stereocenters. The number of fused-ring (bicyclic) bond motifs is 1. The lowest BCUT2D eigenvalue weighted by Crippen LogP contribution is -2.41. The predicted molar refractivity (Wildman–Crippen MR) is 128 cm³/mol. The number of ether oxygens (including phenoxy) is 2. The Balaban J connectivity index is 1.65. The second kappa shape index (κ2) is 9.73. The van der Waals surface area contributed by atoms with Crippen LogP contribution in [0.5, 0.6) is 0 Å². The molecule has 1 N–H and O–H groups in total. The van der Waals surface area contributed by atoms with E-state index in [2.05, 4.69) is 10.3 Å². The van der Waals surface area contributed by atoms with Crippen molar-refractivity contribution in [3.63, 3.8) is 0 Å². The van der Waals surface area contributed by atoms with Crippen molar-refractivity contribution in [1.82, 2.24) is 9.88 Å². The van der Waals surface area contributed by atoms with Gasteiger partial charge in [-0.3, -0.25) is 9.36 Å². The Labute approximate surface area is 192 Å². The standard InChI is InChI=1S/C26H27N3O4/c1-17(2)13-21-24(30)27-22(25(28-21)32-3)14-19-15-29(23-12-8-7-11-20(19)23)26(31)33-16-18-9-5-4-6-10-18/h4-12,14-15,17,21H,13,16H2,1-3H3,(H,27,30)/b22-14-. The smallest absolute Gasteiger partial charge is 0.418 e. The minimum Gasteiger partial charge on any atom is -0.480 e. The predicted octanol–water partition coefficient (Wildman–Crippen LogP) is 4.76. The van der Waals surface area contributed by atoms with Crippen LogP contribution in [0, 0.1) is 5.92 Å². The second-order valence-electron chi connectivity index (χ2n) is 8.34. The van der Waals surface area contributed by atoms with E-state index in [1.807, 2.05) is 68.4 Å². The van der Waals surface area contributed by atoms with Crippen LogP contribution in [0.3, 0.4) is 0 Å². The number of nitrogens with one attached hydrogen (secondary N) is 1. The number of aliphatic imine (C=N–C) groups is 1. The summed E-state index contributed by atoms with van der Waals surface area (Å²) in [5.41, 5.74) is 2.82. The number of methoxy groups -OCH3 is 1. The highest BCUT2D eigenvalue weighted by Gasteiger charge is 2.28. The summed E-state index contributed by atoms with van der Waals surface area (Å²) in [6.07, 6.45) is 3.63. The van der Waals surface area contributed by atoms with E-state index in [0.29, 0.717) is 29.5 Å². The Hall–Kier alpha value is -3.87. The van der Waals surface area contributed by atoms with Crippen molar-refractivity contribution >= 4 is 34.9 Å². The summed E-state index contributed by atoms with van der Waals surface area (Å²) in [5, 5.41) is 3.76. The van der Waals surface area contributed by atoms with Gasteiger partial charge in [-0.05, 0) is 30.0 Å². The van der Waals surface area contributed by atoms with Gasteiger partial charge in [-0.15, -0.1) is 0 Å². The number of amides is 1. The van der Waals surface area contributed by atoms with Gasteiger partial charge in [0, 0.05) is 17.1 Å². The van der Waals surface area contributed by atoms with Crippen molar-refractivity contribution in [1.29, 1.82) is 0 Å².